The van der Waals surface area contributed by atoms with Crippen molar-refractivity contribution in [3.8, 4) is 0 Å². The zero-order chi connectivity index (χ0) is 11.4. The molecule has 0 amide bonds. The molecule has 0 aromatic heterocycles. The summed E-state index contributed by atoms with van der Waals surface area (Å²) < 4.78 is 12.0. The minimum atomic E-state index is -0.821. The van der Waals surface area contributed by atoms with Crippen molar-refractivity contribution >= 4 is 10.8 Å². The number of nitrogens with one attached hydrogen (secondary N) is 1. The molecule has 94 valence electrons. The maximum Gasteiger partial charge on any atom is 0.0779 e. The van der Waals surface area contributed by atoms with E-state index in [2.05, 4.69) is 5.32 Å². The highest BCUT2D eigenvalue weighted by Crippen LogP contribution is 2.22. The van der Waals surface area contributed by atoms with Crippen LogP contribution in [0.3, 0.4) is 0 Å². The molecule has 2 fully saturated rings. The maximum atomic E-state index is 12.0. The smallest absolute Gasteiger partial charge is 0.0779 e. The van der Waals surface area contributed by atoms with Crippen molar-refractivity contribution in [2.45, 2.75) is 62.3 Å². The first-order valence-corrected chi connectivity index (χ1v) is 7.92. The summed E-state index contributed by atoms with van der Waals surface area (Å²) in [5.41, 5.74) is 0. The highest BCUT2D eigenvalue weighted by Gasteiger charge is 2.24. The molecule has 4 heteroatoms. The molecule has 0 bridgehead atoms. The Morgan fingerprint density at radius 3 is 2.50 bits per heavy atom. The predicted octanol–water partition coefficient (Wildman–Crippen LogP) is 1.18. The van der Waals surface area contributed by atoms with Crippen molar-refractivity contribution in [3.63, 3.8) is 0 Å². The molecular formula is C12H23NO2S. The third kappa shape index (κ3) is 4.15. The topological polar surface area (TPSA) is 49.3 Å². The molecule has 0 aliphatic heterocycles. The molecule has 0 heterocycles. The molecule has 16 heavy (non-hydrogen) atoms. The average molecular weight is 245 g/mol. The van der Waals surface area contributed by atoms with E-state index in [1.165, 1.54) is 32.1 Å². The van der Waals surface area contributed by atoms with Gasteiger partial charge in [-0.05, 0) is 25.7 Å². The predicted molar refractivity (Wildman–Crippen MR) is 66.9 cm³/mol. The van der Waals surface area contributed by atoms with Crippen LogP contribution in [0, 0.1) is 0 Å². The molecule has 0 radical (unpaired) electrons. The molecule has 0 aromatic rings. The molecule has 2 saturated carbocycles. The van der Waals surface area contributed by atoms with Gasteiger partial charge in [0.15, 0.2) is 0 Å². The molecular weight excluding hydrogens is 222 g/mol. The normalized spacial score (nSPS) is 26.6. The largest absolute Gasteiger partial charge is 0.391 e. The van der Waals surface area contributed by atoms with Crippen molar-refractivity contribution in [1.82, 2.24) is 5.32 Å². The van der Waals surface area contributed by atoms with Crippen LogP contribution in [0.2, 0.25) is 0 Å². The van der Waals surface area contributed by atoms with Gasteiger partial charge < -0.3 is 10.4 Å². The second-order valence-corrected chi connectivity index (χ2v) is 6.91. The first-order chi connectivity index (χ1) is 7.75. The van der Waals surface area contributed by atoms with Gasteiger partial charge in [-0.2, -0.15) is 0 Å². The number of hydrogen-bond acceptors (Lipinski definition) is 3. The van der Waals surface area contributed by atoms with Gasteiger partial charge in [-0.1, -0.05) is 19.3 Å². The van der Waals surface area contributed by atoms with E-state index in [0.29, 0.717) is 23.6 Å². The van der Waals surface area contributed by atoms with Crippen molar-refractivity contribution in [1.29, 1.82) is 0 Å². The van der Waals surface area contributed by atoms with Crippen LogP contribution in [0.5, 0.6) is 0 Å². The fraction of sp³-hybridized carbons (Fsp3) is 1.00. The minimum Gasteiger partial charge on any atom is -0.391 e. The van der Waals surface area contributed by atoms with Crippen LogP contribution in [-0.4, -0.2) is 39.0 Å². The van der Waals surface area contributed by atoms with E-state index < -0.39 is 16.9 Å². The summed E-state index contributed by atoms with van der Waals surface area (Å²) in [6.45, 7) is 0.614. The third-order valence-corrected chi connectivity index (χ3v) is 5.43. The van der Waals surface area contributed by atoms with Gasteiger partial charge in [-0.3, -0.25) is 4.21 Å². The molecule has 0 saturated heterocycles. The van der Waals surface area contributed by atoms with E-state index in [1.54, 1.807) is 0 Å². The summed E-state index contributed by atoms with van der Waals surface area (Å²) in [7, 11) is -0.821. The molecule has 2 aliphatic carbocycles. The van der Waals surface area contributed by atoms with Crippen LogP contribution < -0.4 is 5.32 Å². The summed E-state index contributed by atoms with van der Waals surface area (Å²) in [5, 5.41) is 13.4. The Hall–Kier alpha value is 0.0700. The molecule has 2 aliphatic rings. The van der Waals surface area contributed by atoms with Gasteiger partial charge >= 0.3 is 0 Å². The molecule has 0 aromatic carbocycles. The Morgan fingerprint density at radius 2 is 1.88 bits per heavy atom. The first kappa shape index (κ1) is 12.5. The highest BCUT2D eigenvalue weighted by molar-refractivity contribution is 7.85. The standard InChI is InChI=1S/C12H23NO2S/c14-11(8-13-10-6-7-10)9-16(15)12-4-2-1-3-5-12/h10-14H,1-9H2. The molecule has 2 rings (SSSR count). The Kier molecular flexibility index (Phi) is 4.79. The Bertz CT molecular complexity index is 237. The summed E-state index contributed by atoms with van der Waals surface area (Å²) in [6.07, 6.45) is 7.95. The van der Waals surface area contributed by atoms with E-state index in [9.17, 15) is 9.32 Å². The van der Waals surface area contributed by atoms with Gasteiger partial charge in [0.25, 0.3) is 0 Å². The second-order valence-electron chi connectivity index (χ2n) is 5.14. The van der Waals surface area contributed by atoms with Crippen LogP contribution in [0.4, 0.5) is 0 Å². The van der Waals surface area contributed by atoms with E-state index in [1.807, 2.05) is 0 Å². The minimum absolute atomic E-state index is 0.351. The van der Waals surface area contributed by atoms with Crippen LogP contribution in [0.15, 0.2) is 0 Å². The van der Waals surface area contributed by atoms with Gasteiger partial charge in [0, 0.05) is 28.6 Å². The Morgan fingerprint density at radius 1 is 1.19 bits per heavy atom. The fourth-order valence-corrected chi connectivity index (χ4v) is 3.93. The van der Waals surface area contributed by atoms with Gasteiger partial charge in [0.2, 0.25) is 0 Å². The summed E-state index contributed by atoms with van der Waals surface area (Å²) >= 11 is 0. The van der Waals surface area contributed by atoms with Crippen molar-refractivity contribution in [3.05, 3.63) is 0 Å². The summed E-state index contributed by atoms with van der Waals surface area (Å²) in [6, 6.07) is 0.623. The van der Waals surface area contributed by atoms with E-state index in [0.717, 1.165) is 12.8 Å². The lowest BCUT2D eigenvalue weighted by molar-refractivity contribution is 0.194. The van der Waals surface area contributed by atoms with E-state index in [-0.39, 0.29) is 0 Å². The molecule has 3 nitrogen and oxygen atoms in total. The lowest BCUT2D eigenvalue weighted by atomic mass is 10.0. The summed E-state index contributed by atoms with van der Waals surface area (Å²) in [5.74, 6) is 0.463. The van der Waals surface area contributed by atoms with Gasteiger partial charge in [0.1, 0.15) is 0 Å². The van der Waals surface area contributed by atoms with Crippen molar-refractivity contribution in [2.75, 3.05) is 12.3 Å². The van der Waals surface area contributed by atoms with Crippen LogP contribution in [-0.2, 0) is 10.8 Å². The van der Waals surface area contributed by atoms with Crippen molar-refractivity contribution in [2.24, 2.45) is 0 Å². The Balaban J connectivity index is 1.63. The van der Waals surface area contributed by atoms with Gasteiger partial charge in [0.05, 0.1) is 11.9 Å². The summed E-state index contributed by atoms with van der Waals surface area (Å²) in [4.78, 5) is 0. The maximum absolute atomic E-state index is 12.0. The molecule has 2 unspecified atom stereocenters. The van der Waals surface area contributed by atoms with Gasteiger partial charge in [-0.15, -0.1) is 0 Å². The highest BCUT2D eigenvalue weighted by atomic mass is 32.2. The molecule has 2 atom stereocenters. The SMILES string of the molecule is O=S(CC(O)CNC1CC1)C1CCCCC1. The zero-order valence-electron chi connectivity index (χ0n) is 9.86. The lowest BCUT2D eigenvalue weighted by Gasteiger charge is -2.22. The van der Waals surface area contributed by atoms with E-state index in [4.69, 9.17) is 0 Å². The fourth-order valence-electron chi connectivity index (χ4n) is 2.30. The first-order valence-electron chi connectivity index (χ1n) is 6.54. The molecule has 2 N–H and O–H groups in total. The third-order valence-electron chi connectivity index (χ3n) is 3.50. The molecule has 0 spiro atoms. The van der Waals surface area contributed by atoms with Crippen molar-refractivity contribution < 1.29 is 9.32 Å². The van der Waals surface area contributed by atoms with Crippen LogP contribution in [0.25, 0.3) is 0 Å². The lowest BCUT2D eigenvalue weighted by Crippen LogP contribution is -2.34. The number of aliphatic hydroxyl groups excluding tert-OH is 1. The number of hydrogen-bond donors (Lipinski definition) is 2. The zero-order valence-corrected chi connectivity index (χ0v) is 10.7. The van der Waals surface area contributed by atoms with E-state index >= 15 is 0 Å². The van der Waals surface area contributed by atoms with Crippen LogP contribution >= 0.6 is 0 Å². The Labute approximate surface area is 100 Å². The quantitative estimate of drug-likeness (QED) is 0.739. The average Bonchev–Trinajstić information content (AvgIpc) is 3.11. The monoisotopic (exact) mass is 245 g/mol. The van der Waals surface area contributed by atoms with Gasteiger partial charge in [-0.25, -0.2) is 0 Å². The number of rotatable bonds is 6. The van der Waals surface area contributed by atoms with Crippen LogP contribution in [0.1, 0.15) is 44.9 Å². The number of aliphatic hydroxyl groups is 1. The second kappa shape index (κ2) is 6.12.